The summed E-state index contributed by atoms with van der Waals surface area (Å²) in [5.41, 5.74) is 6.81. The van der Waals surface area contributed by atoms with Crippen LogP contribution in [-0.2, 0) is 6.54 Å². The predicted octanol–water partition coefficient (Wildman–Crippen LogP) is 2.54. The van der Waals surface area contributed by atoms with E-state index in [1.165, 1.54) is 12.3 Å². The van der Waals surface area contributed by atoms with E-state index in [2.05, 4.69) is 0 Å². The molecule has 1 aromatic carbocycles. The summed E-state index contributed by atoms with van der Waals surface area (Å²) in [4.78, 5) is 0. The number of hydrogen-bond acceptors (Lipinski definition) is 2. The van der Waals surface area contributed by atoms with Gasteiger partial charge >= 0.3 is 0 Å². The average Bonchev–Trinajstić information content (AvgIpc) is 2.71. The van der Waals surface area contributed by atoms with E-state index >= 15 is 0 Å². The van der Waals surface area contributed by atoms with Crippen LogP contribution in [0.3, 0.4) is 0 Å². The fourth-order valence-corrected chi connectivity index (χ4v) is 1.32. The van der Waals surface area contributed by atoms with E-state index in [1.54, 1.807) is 24.3 Å². The van der Waals surface area contributed by atoms with E-state index in [1.807, 2.05) is 0 Å². The molecule has 1 aromatic heterocycles. The zero-order chi connectivity index (χ0) is 9.97. The Morgan fingerprint density at radius 1 is 1.29 bits per heavy atom. The highest BCUT2D eigenvalue weighted by atomic mass is 19.1. The van der Waals surface area contributed by atoms with Gasteiger partial charge in [-0.05, 0) is 29.8 Å². The van der Waals surface area contributed by atoms with Crippen LogP contribution in [0, 0.1) is 5.82 Å². The van der Waals surface area contributed by atoms with Crippen LogP contribution >= 0.6 is 0 Å². The molecule has 2 nitrogen and oxygen atoms in total. The van der Waals surface area contributed by atoms with Crippen LogP contribution < -0.4 is 5.73 Å². The van der Waals surface area contributed by atoms with Crippen molar-refractivity contribution in [2.24, 2.45) is 5.73 Å². The molecular weight excluding hydrogens is 181 g/mol. The van der Waals surface area contributed by atoms with Crippen LogP contribution in [0.2, 0.25) is 0 Å². The van der Waals surface area contributed by atoms with Crippen molar-refractivity contribution in [2.75, 3.05) is 0 Å². The molecule has 0 radical (unpaired) electrons. The Bertz CT molecular complexity index is 423. The molecule has 0 aliphatic heterocycles. The Morgan fingerprint density at radius 3 is 2.79 bits per heavy atom. The summed E-state index contributed by atoms with van der Waals surface area (Å²) in [5, 5.41) is 0. The third kappa shape index (κ3) is 1.54. The molecule has 0 bridgehead atoms. The van der Waals surface area contributed by atoms with Gasteiger partial charge in [0.2, 0.25) is 0 Å². The van der Waals surface area contributed by atoms with Crippen molar-refractivity contribution in [1.82, 2.24) is 0 Å². The van der Waals surface area contributed by atoms with E-state index in [-0.39, 0.29) is 5.82 Å². The van der Waals surface area contributed by atoms with Gasteiger partial charge in [-0.1, -0.05) is 6.07 Å². The van der Waals surface area contributed by atoms with Crippen LogP contribution in [-0.4, -0.2) is 0 Å². The fraction of sp³-hybridized carbons (Fsp3) is 0.0909. The number of nitrogens with two attached hydrogens (primary N) is 1. The van der Waals surface area contributed by atoms with E-state index in [9.17, 15) is 4.39 Å². The molecule has 2 rings (SSSR count). The first-order chi connectivity index (χ1) is 6.81. The van der Waals surface area contributed by atoms with E-state index < -0.39 is 0 Å². The van der Waals surface area contributed by atoms with Crippen LogP contribution in [0.1, 0.15) is 5.56 Å². The lowest BCUT2D eigenvalue weighted by atomic mass is 10.1. The van der Waals surface area contributed by atoms with Crippen LogP contribution in [0.5, 0.6) is 0 Å². The first-order valence-electron chi connectivity index (χ1n) is 4.33. The fourth-order valence-electron chi connectivity index (χ4n) is 1.32. The molecule has 0 atom stereocenters. The molecule has 0 fully saturated rings. The quantitative estimate of drug-likeness (QED) is 0.792. The summed E-state index contributed by atoms with van der Waals surface area (Å²) in [5.74, 6) is 0.231. The lowest BCUT2D eigenvalue weighted by Crippen LogP contribution is -1.97. The van der Waals surface area contributed by atoms with Gasteiger partial charge in [0.1, 0.15) is 11.6 Å². The minimum atomic E-state index is -0.294. The van der Waals surface area contributed by atoms with Crippen molar-refractivity contribution in [1.29, 1.82) is 0 Å². The largest absolute Gasteiger partial charge is 0.464 e. The van der Waals surface area contributed by atoms with Gasteiger partial charge in [-0.2, -0.15) is 0 Å². The summed E-state index contributed by atoms with van der Waals surface area (Å²) in [6, 6.07) is 8.22. The predicted molar refractivity (Wildman–Crippen MR) is 52.0 cm³/mol. The summed E-state index contributed by atoms with van der Waals surface area (Å²) < 4.78 is 18.5. The van der Waals surface area contributed by atoms with Crippen molar-refractivity contribution >= 4 is 0 Å². The smallest absolute Gasteiger partial charge is 0.136 e. The van der Waals surface area contributed by atoms with Crippen LogP contribution in [0.4, 0.5) is 4.39 Å². The second kappa shape index (κ2) is 3.64. The van der Waals surface area contributed by atoms with Gasteiger partial charge in [-0.15, -0.1) is 0 Å². The highest BCUT2D eigenvalue weighted by Crippen LogP contribution is 2.24. The van der Waals surface area contributed by atoms with Crippen LogP contribution in [0.25, 0.3) is 11.3 Å². The molecule has 2 aromatic rings. The Labute approximate surface area is 81.2 Å². The van der Waals surface area contributed by atoms with Gasteiger partial charge in [0, 0.05) is 6.54 Å². The van der Waals surface area contributed by atoms with Crippen molar-refractivity contribution in [3.8, 4) is 11.3 Å². The summed E-state index contributed by atoms with van der Waals surface area (Å²) >= 11 is 0. The van der Waals surface area contributed by atoms with Crippen molar-refractivity contribution in [3.05, 3.63) is 48.0 Å². The lowest BCUT2D eigenvalue weighted by molar-refractivity contribution is 0.569. The highest BCUT2D eigenvalue weighted by molar-refractivity contribution is 5.59. The third-order valence-corrected chi connectivity index (χ3v) is 2.05. The second-order valence-corrected chi connectivity index (χ2v) is 3.00. The maximum absolute atomic E-state index is 13.4. The average molecular weight is 191 g/mol. The maximum Gasteiger partial charge on any atom is 0.136 e. The van der Waals surface area contributed by atoms with E-state index in [0.717, 1.165) is 5.56 Å². The number of halogens is 1. The van der Waals surface area contributed by atoms with Crippen molar-refractivity contribution < 1.29 is 8.81 Å². The van der Waals surface area contributed by atoms with Gasteiger partial charge < -0.3 is 10.2 Å². The molecule has 14 heavy (non-hydrogen) atoms. The molecule has 1 heterocycles. The van der Waals surface area contributed by atoms with E-state index in [4.69, 9.17) is 10.2 Å². The zero-order valence-corrected chi connectivity index (χ0v) is 7.53. The van der Waals surface area contributed by atoms with Gasteiger partial charge in [0.15, 0.2) is 0 Å². The molecule has 0 unspecified atom stereocenters. The van der Waals surface area contributed by atoms with Crippen molar-refractivity contribution in [2.45, 2.75) is 6.54 Å². The topological polar surface area (TPSA) is 39.2 Å². The number of rotatable bonds is 2. The number of furan rings is 1. The lowest BCUT2D eigenvalue weighted by Gasteiger charge is -2.02. The standard InChI is InChI=1S/C11H10FNO/c12-10-4-3-8(7-13)6-9(10)11-2-1-5-14-11/h1-6H,7,13H2. The zero-order valence-electron chi connectivity index (χ0n) is 7.53. The number of hydrogen-bond donors (Lipinski definition) is 1. The van der Waals surface area contributed by atoms with Crippen LogP contribution in [0.15, 0.2) is 41.0 Å². The maximum atomic E-state index is 13.4. The molecule has 0 amide bonds. The molecule has 0 spiro atoms. The first-order valence-corrected chi connectivity index (χ1v) is 4.33. The van der Waals surface area contributed by atoms with E-state index in [0.29, 0.717) is 17.9 Å². The SMILES string of the molecule is NCc1ccc(F)c(-c2ccco2)c1. The first kappa shape index (κ1) is 8.97. The molecule has 0 aliphatic rings. The molecule has 0 saturated heterocycles. The minimum absolute atomic E-state index is 0.294. The van der Waals surface area contributed by atoms with Gasteiger partial charge in [0.05, 0.1) is 11.8 Å². The molecular formula is C11H10FNO. The van der Waals surface area contributed by atoms with Crippen molar-refractivity contribution in [3.63, 3.8) is 0 Å². The Balaban J connectivity index is 2.51. The molecule has 0 aliphatic carbocycles. The van der Waals surface area contributed by atoms with Gasteiger partial charge in [-0.25, -0.2) is 4.39 Å². The molecule has 2 N–H and O–H groups in total. The highest BCUT2D eigenvalue weighted by Gasteiger charge is 2.07. The molecule has 72 valence electrons. The molecule has 3 heteroatoms. The Kier molecular flexibility index (Phi) is 2.33. The third-order valence-electron chi connectivity index (χ3n) is 2.05. The summed E-state index contributed by atoms with van der Waals surface area (Å²) in [6.07, 6.45) is 1.52. The monoisotopic (exact) mass is 191 g/mol. The molecule has 0 saturated carbocycles. The normalized spacial score (nSPS) is 10.4. The van der Waals surface area contributed by atoms with Gasteiger partial charge in [-0.3, -0.25) is 0 Å². The summed E-state index contributed by atoms with van der Waals surface area (Å²) in [7, 11) is 0. The minimum Gasteiger partial charge on any atom is -0.464 e. The Morgan fingerprint density at radius 2 is 2.14 bits per heavy atom. The number of benzene rings is 1. The Hall–Kier alpha value is -1.61. The summed E-state index contributed by atoms with van der Waals surface area (Å²) in [6.45, 7) is 0.397. The van der Waals surface area contributed by atoms with Gasteiger partial charge in [0.25, 0.3) is 0 Å². The second-order valence-electron chi connectivity index (χ2n) is 3.00.